The Morgan fingerprint density at radius 3 is 2.90 bits per heavy atom. The van der Waals surface area contributed by atoms with Crippen LogP contribution in [0.1, 0.15) is 26.3 Å². The van der Waals surface area contributed by atoms with E-state index in [1.807, 2.05) is 18.4 Å². The van der Waals surface area contributed by atoms with E-state index in [1.165, 1.54) is 0 Å². The van der Waals surface area contributed by atoms with Crippen LogP contribution in [0.3, 0.4) is 0 Å². The van der Waals surface area contributed by atoms with Crippen molar-refractivity contribution in [2.45, 2.75) is 32.9 Å². The molecule has 1 fully saturated rings. The van der Waals surface area contributed by atoms with E-state index in [-0.39, 0.29) is 17.3 Å². The zero-order valence-corrected chi connectivity index (χ0v) is 11.7. The normalized spacial score (nSPS) is 19.2. The first-order valence-corrected chi connectivity index (χ1v) is 6.98. The molecule has 0 aromatic carbocycles. The van der Waals surface area contributed by atoms with E-state index < -0.39 is 0 Å². The number of hydrogen-bond acceptors (Lipinski definition) is 4. The largest absolute Gasteiger partial charge is 0.330 e. The number of hydrogen-bond donors (Lipinski definition) is 2. The van der Waals surface area contributed by atoms with Gasteiger partial charge in [0, 0.05) is 19.1 Å². The van der Waals surface area contributed by atoms with Crippen molar-refractivity contribution in [2.24, 2.45) is 5.92 Å². The third-order valence-corrected chi connectivity index (χ3v) is 3.69. The van der Waals surface area contributed by atoms with Gasteiger partial charge in [-0.25, -0.2) is 9.78 Å². The van der Waals surface area contributed by atoms with Crippen LogP contribution < -0.4 is 16.6 Å². The number of imidazole rings is 1. The van der Waals surface area contributed by atoms with Gasteiger partial charge in [0.1, 0.15) is 0 Å². The minimum Gasteiger partial charge on any atom is -0.320 e. The first-order chi connectivity index (χ1) is 9.58. The van der Waals surface area contributed by atoms with E-state index in [2.05, 4.69) is 15.3 Å². The Kier molecular flexibility index (Phi) is 3.21. The van der Waals surface area contributed by atoms with Crippen LogP contribution in [-0.2, 0) is 6.54 Å². The highest BCUT2D eigenvalue weighted by molar-refractivity contribution is 5.70. The zero-order chi connectivity index (χ0) is 14.3. The summed E-state index contributed by atoms with van der Waals surface area (Å²) in [6.45, 7) is 6.37. The summed E-state index contributed by atoms with van der Waals surface area (Å²) < 4.78 is 3.45. The van der Waals surface area contributed by atoms with Crippen LogP contribution in [0.2, 0.25) is 0 Å². The summed E-state index contributed by atoms with van der Waals surface area (Å²) in [5.74, 6) is 0.306. The monoisotopic (exact) mass is 277 g/mol. The Balaban J connectivity index is 2.22. The van der Waals surface area contributed by atoms with Gasteiger partial charge in [0.2, 0.25) is 0 Å². The van der Waals surface area contributed by atoms with Crippen molar-refractivity contribution in [2.75, 3.05) is 13.1 Å². The molecule has 1 aliphatic heterocycles. The summed E-state index contributed by atoms with van der Waals surface area (Å²) in [6, 6.07) is 0.228. The van der Waals surface area contributed by atoms with E-state index >= 15 is 0 Å². The van der Waals surface area contributed by atoms with Crippen LogP contribution in [0.5, 0.6) is 0 Å². The molecule has 0 spiro atoms. The molecule has 2 aromatic heterocycles. The molecule has 7 nitrogen and oxygen atoms in total. The molecule has 1 unspecified atom stereocenters. The number of fused-ring (bicyclic) bond motifs is 1. The van der Waals surface area contributed by atoms with Crippen LogP contribution in [0.4, 0.5) is 0 Å². The number of nitrogens with one attached hydrogen (secondary N) is 2. The summed E-state index contributed by atoms with van der Waals surface area (Å²) in [4.78, 5) is 30.8. The molecule has 0 saturated carbocycles. The summed E-state index contributed by atoms with van der Waals surface area (Å²) in [5, 5.41) is 3.27. The molecule has 3 heterocycles. The second-order valence-corrected chi connectivity index (χ2v) is 5.73. The molecule has 3 rings (SSSR count). The van der Waals surface area contributed by atoms with Crippen LogP contribution >= 0.6 is 0 Å². The Morgan fingerprint density at radius 2 is 2.25 bits per heavy atom. The van der Waals surface area contributed by atoms with E-state index in [9.17, 15) is 9.59 Å². The van der Waals surface area contributed by atoms with Crippen LogP contribution in [-0.4, -0.2) is 32.2 Å². The maximum absolute atomic E-state index is 12.1. The minimum absolute atomic E-state index is 0.228. The fraction of sp³-hybridized carbons (Fsp3) is 0.615. The van der Waals surface area contributed by atoms with Crippen molar-refractivity contribution < 1.29 is 0 Å². The molecule has 0 radical (unpaired) electrons. The lowest BCUT2D eigenvalue weighted by molar-refractivity contribution is 0.512. The summed E-state index contributed by atoms with van der Waals surface area (Å²) in [6.07, 6.45) is 2.64. The van der Waals surface area contributed by atoms with E-state index in [0.717, 1.165) is 19.5 Å². The molecule has 2 N–H and O–H groups in total. The SMILES string of the molecule is CC(C)Cn1c(=O)[nH]c(=O)c2c1ncn2C1CCNC1. The Morgan fingerprint density at radius 1 is 1.45 bits per heavy atom. The van der Waals surface area contributed by atoms with Crippen molar-refractivity contribution in [3.63, 3.8) is 0 Å². The Bertz CT molecular complexity index is 733. The van der Waals surface area contributed by atoms with Crippen LogP contribution in [0.15, 0.2) is 15.9 Å². The van der Waals surface area contributed by atoms with E-state index in [0.29, 0.717) is 23.6 Å². The third kappa shape index (κ3) is 2.07. The van der Waals surface area contributed by atoms with Gasteiger partial charge in [-0.1, -0.05) is 13.8 Å². The second-order valence-electron chi connectivity index (χ2n) is 5.73. The fourth-order valence-electron chi connectivity index (χ4n) is 2.78. The van der Waals surface area contributed by atoms with Gasteiger partial charge in [0.15, 0.2) is 11.2 Å². The lowest BCUT2D eigenvalue weighted by atomic mass is 10.2. The predicted octanol–water partition coefficient (Wildman–Crippen LogP) is 0.0767. The molecule has 0 amide bonds. The van der Waals surface area contributed by atoms with E-state index in [4.69, 9.17) is 0 Å². The van der Waals surface area contributed by atoms with Crippen molar-refractivity contribution in [1.82, 2.24) is 24.4 Å². The average Bonchev–Trinajstić information content (AvgIpc) is 3.02. The molecule has 1 aliphatic rings. The molecule has 20 heavy (non-hydrogen) atoms. The first kappa shape index (κ1) is 13.1. The minimum atomic E-state index is -0.383. The summed E-state index contributed by atoms with van der Waals surface area (Å²) in [7, 11) is 0. The van der Waals surface area contributed by atoms with Gasteiger partial charge in [-0.2, -0.15) is 0 Å². The average molecular weight is 277 g/mol. The van der Waals surface area contributed by atoms with Crippen molar-refractivity contribution in [1.29, 1.82) is 0 Å². The van der Waals surface area contributed by atoms with Gasteiger partial charge in [0.05, 0.1) is 6.33 Å². The molecular weight excluding hydrogens is 258 g/mol. The standard InChI is InChI=1S/C13H19N5O2/c1-8(2)6-17-11-10(12(19)16-13(17)20)18(7-15-11)9-3-4-14-5-9/h7-9,14H,3-6H2,1-2H3,(H,16,19,20). The van der Waals surface area contributed by atoms with Gasteiger partial charge in [-0.05, 0) is 18.9 Å². The number of H-pyrrole nitrogens is 1. The quantitative estimate of drug-likeness (QED) is 0.832. The Labute approximate surface area is 115 Å². The number of aromatic amines is 1. The fourth-order valence-corrected chi connectivity index (χ4v) is 2.78. The highest BCUT2D eigenvalue weighted by atomic mass is 16.2. The Hall–Kier alpha value is -1.89. The summed E-state index contributed by atoms with van der Waals surface area (Å²) in [5.41, 5.74) is 0.249. The number of nitrogens with zero attached hydrogens (tertiary/aromatic N) is 3. The molecule has 0 aliphatic carbocycles. The number of rotatable bonds is 3. The lowest BCUT2D eigenvalue weighted by Crippen LogP contribution is -2.32. The summed E-state index contributed by atoms with van der Waals surface area (Å²) >= 11 is 0. The van der Waals surface area contributed by atoms with Crippen molar-refractivity contribution >= 4 is 11.2 Å². The molecule has 2 aromatic rings. The van der Waals surface area contributed by atoms with E-state index in [1.54, 1.807) is 10.9 Å². The van der Waals surface area contributed by atoms with Gasteiger partial charge >= 0.3 is 5.69 Å². The smallest absolute Gasteiger partial charge is 0.320 e. The zero-order valence-electron chi connectivity index (χ0n) is 11.7. The topological polar surface area (TPSA) is 84.7 Å². The maximum Gasteiger partial charge on any atom is 0.330 e. The maximum atomic E-state index is 12.1. The molecule has 7 heteroatoms. The molecule has 0 bridgehead atoms. The molecule has 108 valence electrons. The molecule has 1 saturated heterocycles. The second kappa shape index (κ2) is 4.90. The van der Waals surface area contributed by atoms with Gasteiger partial charge < -0.3 is 9.88 Å². The van der Waals surface area contributed by atoms with Crippen molar-refractivity contribution in [3.05, 3.63) is 27.2 Å². The number of aromatic nitrogens is 4. The highest BCUT2D eigenvalue weighted by Crippen LogP contribution is 2.19. The predicted molar refractivity (Wildman–Crippen MR) is 76.0 cm³/mol. The lowest BCUT2D eigenvalue weighted by Gasteiger charge is -2.12. The first-order valence-electron chi connectivity index (χ1n) is 6.98. The van der Waals surface area contributed by atoms with Gasteiger partial charge in [0.25, 0.3) is 5.56 Å². The third-order valence-electron chi connectivity index (χ3n) is 3.69. The van der Waals surface area contributed by atoms with Crippen molar-refractivity contribution in [3.8, 4) is 0 Å². The highest BCUT2D eigenvalue weighted by Gasteiger charge is 2.22. The van der Waals surface area contributed by atoms with Gasteiger partial charge in [-0.15, -0.1) is 0 Å². The molecule has 1 atom stereocenters. The van der Waals surface area contributed by atoms with Crippen LogP contribution in [0, 0.1) is 5.92 Å². The van der Waals surface area contributed by atoms with Crippen LogP contribution in [0.25, 0.3) is 11.2 Å². The van der Waals surface area contributed by atoms with Gasteiger partial charge in [-0.3, -0.25) is 14.3 Å². The molecular formula is C13H19N5O2.